The first-order chi connectivity index (χ1) is 8.66. The predicted octanol–water partition coefficient (Wildman–Crippen LogP) is 4.38. The zero-order chi connectivity index (χ0) is 12.7. The van der Waals surface area contributed by atoms with Crippen LogP contribution in [0.25, 0.3) is 0 Å². The van der Waals surface area contributed by atoms with Crippen molar-refractivity contribution in [3.05, 3.63) is 27.8 Å². The summed E-state index contributed by atoms with van der Waals surface area (Å²) in [5.74, 6) is 1.26. The Morgan fingerprint density at radius 1 is 1.17 bits per heavy atom. The number of amidine groups is 1. The Balaban J connectivity index is 2.09. The summed E-state index contributed by atoms with van der Waals surface area (Å²) in [5.41, 5.74) is 4.97. The minimum atomic E-state index is 0.845. The van der Waals surface area contributed by atoms with Crippen molar-refractivity contribution >= 4 is 23.1 Å². The highest BCUT2D eigenvalue weighted by molar-refractivity contribution is 6.31. The van der Waals surface area contributed by atoms with Crippen LogP contribution in [0.2, 0.25) is 5.02 Å². The largest absolute Gasteiger partial charge is 0.356 e. The number of fused-ring (bicyclic) bond motifs is 2. The average Bonchev–Trinajstić information content (AvgIpc) is 2.59. The molecule has 0 aliphatic carbocycles. The summed E-state index contributed by atoms with van der Waals surface area (Å²) in [6, 6.07) is 2.04. The lowest BCUT2D eigenvalue weighted by atomic mass is 9.99. The first kappa shape index (κ1) is 12.0. The summed E-state index contributed by atoms with van der Waals surface area (Å²) in [6.07, 6.45) is 5.00. The Morgan fingerprint density at radius 2 is 2.00 bits per heavy atom. The molecule has 0 aromatic heterocycles. The number of hydrogen-bond acceptors (Lipinski definition) is 2. The molecule has 0 amide bonds. The van der Waals surface area contributed by atoms with Gasteiger partial charge in [-0.25, -0.2) is 4.99 Å². The molecular formula is C15H19ClN2. The second kappa shape index (κ2) is 4.58. The smallest absolute Gasteiger partial charge is 0.105 e. The third-order valence-electron chi connectivity index (χ3n) is 4.24. The molecular weight excluding hydrogens is 244 g/mol. The van der Waals surface area contributed by atoms with Crippen LogP contribution in [-0.4, -0.2) is 17.3 Å². The lowest BCUT2D eigenvalue weighted by molar-refractivity contribution is 0.402. The van der Waals surface area contributed by atoms with E-state index in [1.165, 1.54) is 41.8 Å². The normalized spacial score (nSPS) is 18.8. The summed E-state index contributed by atoms with van der Waals surface area (Å²) in [5, 5.41) is 0.845. The van der Waals surface area contributed by atoms with Crippen molar-refractivity contribution < 1.29 is 0 Å². The number of aliphatic imine (C=N–C) groups is 1. The van der Waals surface area contributed by atoms with E-state index in [1.807, 2.05) is 6.07 Å². The minimum absolute atomic E-state index is 0.845. The second-order valence-corrected chi connectivity index (χ2v) is 5.77. The molecule has 0 radical (unpaired) electrons. The van der Waals surface area contributed by atoms with Crippen LogP contribution in [0.3, 0.4) is 0 Å². The Hall–Kier alpha value is -1.02. The molecule has 0 unspecified atom stereocenters. The van der Waals surface area contributed by atoms with Crippen molar-refractivity contribution in [2.75, 3.05) is 6.54 Å². The second-order valence-electron chi connectivity index (χ2n) is 5.37. The van der Waals surface area contributed by atoms with Crippen molar-refractivity contribution in [2.24, 2.45) is 4.99 Å². The van der Waals surface area contributed by atoms with Gasteiger partial charge in [-0.3, -0.25) is 0 Å². The van der Waals surface area contributed by atoms with E-state index in [2.05, 4.69) is 18.7 Å². The van der Waals surface area contributed by atoms with Gasteiger partial charge in [-0.15, -0.1) is 0 Å². The summed E-state index contributed by atoms with van der Waals surface area (Å²) < 4.78 is 0. The molecule has 2 heterocycles. The van der Waals surface area contributed by atoms with Crippen molar-refractivity contribution in [1.29, 1.82) is 0 Å². The molecule has 96 valence electrons. The van der Waals surface area contributed by atoms with E-state index in [9.17, 15) is 0 Å². The highest BCUT2D eigenvalue weighted by atomic mass is 35.5. The molecule has 0 spiro atoms. The number of rotatable bonds is 0. The molecule has 2 nitrogen and oxygen atoms in total. The Kier molecular flexibility index (Phi) is 3.06. The molecule has 3 heteroatoms. The maximum absolute atomic E-state index is 6.28. The van der Waals surface area contributed by atoms with Gasteiger partial charge >= 0.3 is 0 Å². The van der Waals surface area contributed by atoms with Crippen molar-refractivity contribution in [3.8, 4) is 0 Å². The van der Waals surface area contributed by atoms with Crippen LogP contribution in [0.4, 0.5) is 5.69 Å². The van der Waals surface area contributed by atoms with Crippen molar-refractivity contribution in [1.82, 2.24) is 4.90 Å². The summed E-state index contributed by atoms with van der Waals surface area (Å²) in [7, 11) is 0. The van der Waals surface area contributed by atoms with Crippen LogP contribution in [0.1, 0.15) is 42.4 Å². The van der Waals surface area contributed by atoms with Crippen LogP contribution in [0.15, 0.2) is 11.1 Å². The average molecular weight is 263 g/mol. The molecule has 1 fully saturated rings. The van der Waals surface area contributed by atoms with Gasteiger partial charge in [0.05, 0.1) is 5.69 Å². The summed E-state index contributed by atoms with van der Waals surface area (Å²) in [6.45, 7) is 6.43. The molecule has 0 saturated carbocycles. The number of nitrogens with zero attached hydrogens (tertiary/aromatic N) is 2. The molecule has 1 saturated heterocycles. The summed E-state index contributed by atoms with van der Waals surface area (Å²) in [4.78, 5) is 7.30. The molecule has 2 aliphatic heterocycles. The monoisotopic (exact) mass is 262 g/mol. The van der Waals surface area contributed by atoms with Gasteiger partial charge in [0.1, 0.15) is 5.84 Å². The van der Waals surface area contributed by atoms with E-state index in [1.54, 1.807) is 0 Å². The molecule has 0 atom stereocenters. The number of benzene rings is 1. The van der Waals surface area contributed by atoms with E-state index in [0.717, 1.165) is 30.2 Å². The van der Waals surface area contributed by atoms with Crippen LogP contribution in [0.5, 0.6) is 0 Å². The summed E-state index contributed by atoms with van der Waals surface area (Å²) >= 11 is 6.28. The highest BCUT2D eigenvalue weighted by Crippen LogP contribution is 2.36. The number of halogens is 1. The van der Waals surface area contributed by atoms with Crippen LogP contribution >= 0.6 is 11.6 Å². The van der Waals surface area contributed by atoms with Crippen LogP contribution < -0.4 is 0 Å². The van der Waals surface area contributed by atoms with E-state index in [4.69, 9.17) is 16.6 Å². The first-order valence-electron chi connectivity index (χ1n) is 6.78. The van der Waals surface area contributed by atoms with Crippen molar-refractivity contribution in [2.45, 2.75) is 46.1 Å². The fraction of sp³-hybridized carbons (Fsp3) is 0.533. The molecule has 3 rings (SSSR count). The van der Waals surface area contributed by atoms with Gasteiger partial charge in [0.25, 0.3) is 0 Å². The molecule has 1 aromatic carbocycles. The van der Waals surface area contributed by atoms with Gasteiger partial charge in [-0.2, -0.15) is 0 Å². The quantitative estimate of drug-likeness (QED) is 0.678. The molecule has 0 N–H and O–H groups in total. The van der Waals surface area contributed by atoms with E-state index >= 15 is 0 Å². The van der Waals surface area contributed by atoms with Gasteiger partial charge in [0.15, 0.2) is 0 Å². The lowest BCUT2D eigenvalue weighted by Gasteiger charge is -2.30. The number of hydrogen-bond donors (Lipinski definition) is 0. The van der Waals surface area contributed by atoms with Gasteiger partial charge in [-0.1, -0.05) is 18.0 Å². The van der Waals surface area contributed by atoms with Gasteiger partial charge in [0, 0.05) is 30.1 Å². The minimum Gasteiger partial charge on any atom is -0.356 e. The van der Waals surface area contributed by atoms with E-state index in [-0.39, 0.29) is 0 Å². The van der Waals surface area contributed by atoms with Crippen LogP contribution in [-0.2, 0) is 6.54 Å². The highest BCUT2D eigenvalue weighted by Gasteiger charge is 2.23. The van der Waals surface area contributed by atoms with E-state index < -0.39 is 0 Å². The fourth-order valence-corrected chi connectivity index (χ4v) is 3.13. The van der Waals surface area contributed by atoms with Gasteiger partial charge in [-0.05, 0) is 43.9 Å². The Bertz CT molecular complexity index is 520. The topological polar surface area (TPSA) is 15.6 Å². The maximum Gasteiger partial charge on any atom is 0.105 e. The third kappa shape index (κ3) is 1.93. The van der Waals surface area contributed by atoms with Gasteiger partial charge < -0.3 is 4.90 Å². The zero-order valence-electron chi connectivity index (χ0n) is 11.1. The molecule has 1 aromatic rings. The van der Waals surface area contributed by atoms with Crippen LogP contribution in [0, 0.1) is 13.8 Å². The first-order valence-corrected chi connectivity index (χ1v) is 7.15. The van der Waals surface area contributed by atoms with Gasteiger partial charge in [0.2, 0.25) is 0 Å². The predicted molar refractivity (Wildman–Crippen MR) is 76.9 cm³/mol. The molecule has 18 heavy (non-hydrogen) atoms. The lowest BCUT2D eigenvalue weighted by Crippen LogP contribution is -2.32. The van der Waals surface area contributed by atoms with E-state index in [0.29, 0.717) is 0 Å². The SMILES string of the molecule is Cc1c(Cl)cc2c(c1C)CN1CCCCCC1=N2. The fourth-order valence-electron chi connectivity index (χ4n) is 2.89. The van der Waals surface area contributed by atoms with Crippen molar-refractivity contribution in [3.63, 3.8) is 0 Å². The zero-order valence-corrected chi connectivity index (χ0v) is 11.8. The standard InChI is InChI=1S/C15H19ClN2/c1-10-11(2)13(16)8-14-12(10)9-18-7-5-3-4-6-15(18)17-14/h8H,3-7,9H2,1-2H3. The Labute approximate surface area is 114 Å². The Morgan fingerprint density at radius 3 is 2.83 bits per heavy atom. The third-order valence-corrected chi connectivity index (χ3v) is 4.63. The molecule has 2 aliphatic rings. The maximum atomic E-state index is 6.28. The molecule has 0 bridgehead atoms.